The Bertz CT molecular complexity index is 1070. The maximum absolute atomic E-state index is 13.6. The molecule has 0 atom stereocenters. The van der Waals surface area contributed by atoms with Crippen molar-refractivity contribution >= 4 is 44.9 Å². The van der Waals surface area contributed by atoms with E-state index in [1.165, 1.54) is 16.6 Å². The summed E-state index contributed by atoms with van der Waals surface area (Å²) in [5, 5.41) is 10.9. The summed E-state index contributed by atoms with van der Waals surface area (Å²) in [6.07, 6.45) is 0.866. The van der Waals surface area contributed by atoms with Crippen LogP contribution in [0.3, 0.4) is 0 Å². The van der Waals surface area contributed by atoms with Crippen LogP contribution >= 0.6 is 34.7 Å². The number of fused-ring (bicyclic) bond motifs is 3. The smallest absolute Gasteiger partial charge is 0.267 e. The predicted molar refractivity (Wildman–Crippen MR) is 119 cm³/mol. The second kappa shape index (κ2) is 9.16. The molecule has 0 saturated carbocycles. The van der Waals surface area contributed by atoms with Gasteiger partial charge in [0.1, 0.15) is 4.83 Å². The lowest BCUT2D eigenvalue weighted by atomic mass is 10.1. The lowest BCUT2D eigenvalue weighted by molar-refractivity contribution is 0.103. The molecule has 6 nitrogen and oxygen atoms in total. The zero-order valence-electron chi connectivity index (χ0n) is 16.1. The number of thiophene rings is 1. The van der Waals surface area contributed by atoms with Crippen LogP contribution in [0.1, 0.15) is 10.4 Å². The van der Waals surface area contributed by atoms with Gasteiger partial charge in [-0.2, -0.15) is 0 Å². The van der Waals surface area contributed by atoms with E-state index < -0.39 is 0 Å². The van der Waals surface area contributed by atoms with Gasteiger partial charge in [0.05, 0.1) is 30.9 Å². The van der Waals surface area contributed by atoms with Crippen molar-refractivity contribution in [2.75, 3.05) is 39.2 Å². The van der Waals surface area contributed by atoms with Gasteiger partial charge in [-0.3, -0.25) is 9.36 Å². The van der Waals surface area contributed by atoms with E-state index in [1.807, 2.05) is 12.1 Å². The second-order valence-electron chi connectivity index (χ2n) is 6.87. The van der Waals surface area contributed by atoms with Gasteiger partial charge in [-0.1, -0.05) is 23.4 Å². The van der Waals surface area contributed by atoms with Crippen molar-refractivity contribution < 1.29 is 9.84 Å². The van der Waals surface area contributed by atoms with Crippen molar-refractivity contribution in [3.8, 4) is 5.69 Å². The molecule has 0 bridgehead atoms. The summed E-state index contributed by atoms with van der Waals surface area (Å²) < 4.78 is 7.04. The summed E-state index contributed by atoms with van der Waals surface area (Å²) in [6.45, 7) is 2.58. The first-order chi connectivity index (χ1) is 14.1. The number of aromatic nitrogens is 2. The number of likely N-dealkylation sites (N-methyl/N-ethyl adjacent to an activating group) is 1. The summed E-state index contributed by atoms with van der Waals surface area (Å²) in [7, 11) is 2.10. The molecule has 0 spiro atoms. The number of hydrogen-bond acceptors (Lipinski definition) is 7. The minimum atomic E-state index is -0.0295. The zero-order chi connectivity index (χ0) is 20.4. The van der Waals surface area contributed by atoms with Crippen LogP contribution in [-0.2, 0) is 17.7 Å². The van der Waals surface area contributed by atoms with Crippen LogP contribution in [0.15, 0.2) is 34.2 Å². The minimum Gasteiger partial charge on any atom is -0.394 e. The van der Waals surface area contributed by atoms with Crippen LogP contribution in [0.2, 0.25) is 5.02 Å². The Hall–Kier alpha value is -1.42. The van der Waals surface area contributed by atoms with Gasteiger partial charge in [0.15, 0.2) is 5.16 Å². The van der Waals surface area contributed by atoms with Crippen LogP contribution in [-0.4, -0.2) is 58.7 Å². The number of rotatable bonds is 7. The molecule has 3 heterocycles. The fourth-order valence-electron chi connectivity index (χ4n) is 3.42. The van der Waals surface area contributed by atoms with Gasteiger partial charge in [0.25, 0.3) is 5.56 Å². The number of ether oxygens (including phenoxy) is 1. The average molecular weight is 452 g/mol. The van der Waals surface area contributed by atoms with E-state index in [4.69, 9.17) is 26.4 Å². The highest BCUT2D eigenvalue weighted by Gasteiger charge is 2.24. The maximum Gasteiger partial charge on any atom is 0.267 e. The molecule has 1 aliphatic heterocycles. The molecule has 9 heteroatoms. The van der Waals surface area contributed by atoms with E-state index in [1.54, 1.807) is 28.0 Å². The molecule has 1 N–H and O–H groups in total. The Morgan fingerprint density at radius 1 is 1.31 bits per heavy atom. The van der Waals surface area contributed by atoms with Gasteiger partial charge in [-0.25, -0.2) is 4.98 Å². The summed E-state index contributed by atoms with van der Waals surface area (Å²) in [6, 6.07) is 7.25. The van der Waals surface area contributed by atoms with Gasteiger partial charge in [-0.15, -0.1) is 11.3 Å². The molecule has 0 fully saturated rings. The van der Waals surface area contributed by atoms with Crippen LogP contribution < -0.4 is 5.56 Å². The molecular formula is C20H22ClN3O3S2. The van der Waals surface area contributed by atoms with Crippen LogP contribution in [0.4, 0.5) is 0 Å². The standard InChI is InChI=1S/C20H22ClN3O3S2/c1-23-7-6-15-16(12-23)29-18-17(15)19(26)24(14-4-2-13(21)3-5-14)20(22-18)28-11-10-27-9-8-25/h2-5,25H,6-12H2,1H3. The maximum atomic E-state index is 13.6. The Labute approximate surface area is 182 Å². The van der Waals surface area contributed by atoms with Crippen LogP contribution in [0.5, 0.6) is 0 Å². The first kappa shape index (κ1) is 20.8. The number of halogens is 1. The number of aliphatic hydroxyl groups excluding tert-OH is 1. The first-order valence-corrected chi connectivity index (χ1v) is 11.6. The van der Waals surface area contributed by atoms with Crippen molar-refractivity contribution in [1.29, 1.82) is 0 Å². The third kappa shape index (κ3) is 4.38. The van der Waals surface area contributed by atoms with E-state index in [2.05, 4.69) is 11.9 Å². The number of aliphatic hydroxyl groups is 1. The van der Waals surface area contributed by atoms with E-state index in [9.17, 15) is 4.79 Å². The molecule has 0 saturated heterocycles. The quantitative estimate of drug-likeness (QED) is 0.338. The summed E-state index contributed by atoms with van der Waals surface area (Å²) in [4.78, 5) is 22.8. The predicted octanol–water partition coefficient (Wildman–Crippen LogP) is 3.19. The lowest BCUT2D eigenvalue weighted by Gasteiger charge is -2.21. The second-order valence-corrected chi connectivity index (χ2v) is 9.45. The summed E-state index contributed by atoms with van der Waals surface area (Å²) in [5.74, 6) is 0.638. The first-order valence-electron chi connectivity index (χ1n) is 9.41. The Kier molecular flexibility index (Phi) is 6.58. The van der Waals surface area contributed by atoms with Gasteiger partial charge in [0.2, 0.25) is 0 Å². The summed E-state index contributed by atoms with van der Waals surface area (Å²) in [5.41, 5.74) is 1.87. The Balaban J connectivity index is 1.80. The normalized spacial score (nSPS) is 14.4. The number of nitrogens with zero attached hydrogens (tertiary/aromatic N) is 3. The molecule has 2 aromatic heterocycles. The van der Waals surface area contributed by atoms with Crippen molar-refractivity contribution in [1.82, 2.24) is 14.5 Å². The summed E-state index contributed by atoms with van der Waals surface area (Å²) >= 11 is 9.15. The van der Waals surface area contributed by atoms with Gasteiger partial charge >= 0.3 is 0 Å². The van der Waals surface area contributed by atoms with E-state index in [0.29, 0.717) is 29.1 Å². The average Bonchev–Trinajstić information content (AvgIpc) is 3.06. The third-order valence-electron chi connectivity index (χ3n) is 4.81. The van der Waals surface area contributed by atoms with Gasteiger partial charge in [-0.05, 0) is 43.3 Å². The highest BCUT2D eigenvalue weighted by atomic mass is 35.5. The van der Waals surface area contributed by atoms with E-state index in [-0.39, 0.29) is 12.2 Å². The third-order valence-corrected chi connectivity index (χ3v) is 7.08. The van der Waals surface area contributed by atoms with Crippen molar-refractivity contribution in [3.63, 3.8) is 0 Å². The van der Waals surface area contributed by atoms with E-state index in [0.717, 1.165) is 41.0 Å². The van der Waals surface area contributed by atoms with Crippen LogP contribution in [0.25, 0.3) is 15.9 Å². The largest absolute Gasteiger partial charge is 0.394 e. The molecule has 1 aromatic carbocycles. The zero-order valence-corrected chi connectivity index (χ0v) is 18.4. The highest BCUT2D eigenvalue weighted by Crippen LogP contribution is 2.34. The van der Waals surface area contributed by atoms with Crippen molar-refractivity contribution in [2.24, 2.45) is 0 Å². The number of thioether (sulfide) groups is 1. The van der Waals surface area contributed by atoms with Gasteiger partial charge in [0, 0.05) is 28.7 Å². The molecule has 0 unspecified atom stereocenters. The molecule has 4 rings (SSSR count). The lowest BCUT2D eigenvalue weighted by Crippen LogP contribution is -2.27. The molecular weight excluding hydrogens is 430 g/mol. The SMILES string of the molecule is CN1CCc2c(sc3nc(SCCOCCO)n(-c4ccc(Cl)cc4)c(=O)c23)C1. The molecule has 0 amide bonds. The fourth-order valence-corrected chi connectivity index (χ4v) is 5.76. The van der Waals surface area contributed by atoms with Crippen molar-refractivity contribution in [3.05, 3.63) is 50.1 Å². The monoisotopic (exact) mass is 451 g/mol. The number of benzene rings is 1. The molecule has 3 aromatic rings. The van der Waals surface area contributed by atoms with E-state index >= 15 is 0 Å². The fraction of sp³-hybridized carbons (Fsp3) is 0.400. The Morgan fingerprint density at radius 2 is 2.10 bits per heavy atom. The van der Waals surface area contributed by atoms with Crippen molar-refractivity contribution in [2.45, 2.75) is 18.1 Å². The highest BCUT2D eigenvalue weighted by molar-refractivity contribution is 7.99. The minimum absolute atomic E-state index is 0.000442. The Morgan fingerprint density at radius 3 is 2.86 bits per heavy atom. The molecule has 29 heavy (non-hydrogen) atoms. The topological polar surface area (TPSA) is 67.6 Å². The van der Waals surface area contributed by atoms with Crippen LogP contribution in [0, 0.1) is 0 Å². The van der Waals surface area contributed by atoms with Gasteiger partial charge < -0.3 is 14.7 Å². The molecule has 0 aliphatic carbocycles. The number of hydrogen-bond donors (Lipinski definition) is 1. The molecule has 0 radical (unpaired) electrons. The molecule has 1 aliphatic rings. The molecule has 154 valence electrons.